The van der Waals surface area contributed by atoms with E-state index in [1.807, 2.05) is 46.8 Å². The monoisotopic (exact) mass is 418 g/mol. The van der Waals surface area contributed by atoms with Gasteiger partial charge in [0.2, 0.25) is 0 Å². The third kappa shape index (κ3) is 3.23. The van der Waals surface area contributed by atoms with Crippen LogP contribution in [0.4, 0.5) is 5.13 Å². The molecule has 0 spiro atoms. The average molecular weight is 419 g/mol. The summed E-state index contributed by atoms with van der Waals surface area (Å²) in [4.78, 5) is 27.3. The minimum absolute atomic E-state index is 0.0398. The Labute approximate surface area is 178 Å². The van der Waals surface area contributed by atoms with Gasteiger partial charge in [0.15, 0.2) is 5.13 Å². The van der Waals surface area contributed by atoms with Gasteiger partial charge in [-0.15, -0.1) is 0 Å². The fraction of sp³-hybridized carbons (Fsp3) is 0.273. The maximum atomic E-state index is 13.2. The van der Waals surface area contributed by atoms with Crippen LogP contribution in [0.2, 0.25) is 0 Å². The summed E-state index contributed by atoms with van der Waals surface area (Å²) >= 11 is 1.60. The molecule has 0 aliphatic carbocycles. The number of aryl methyl sites for hydroxylation is 1. The van der Waals surface area contributed by atoms with Crippen molar-refractivity contribution in [3.8, 4) is 5.69 Å². The number of benzene rings is 1. The van der Waals surface area contributed by atoms with Crippen molar-refractivity contribution >= 4 is 32.7 Å². The highest BCUT2D eigenvalue weighted by Gasteiger charge is 2.26. The molecule has 8 heteroatoms. The van der Waals surface area contributed by atoms with Crippen molar-refractivity contribution in [1.29, 1.82) is 0 Å². The summed E-state index contributed by atoms with van der Waals surface area (Å²) in [6.07, 6.45) is 3.48. The number of fused-ring (bicyclic) bond motifs is 1. The van der Waals surface area contributed by atoms with Crippen molar-refractivity contribution in [2.75, 3.05) is 31.1 Å². The Morgan fingerprint density at radius 3 is 2.60 bits per heavy atom. The number of pyridine rings is 1. The number of carbonyl (C=O) groups excluding carboxylic acids is 1. The van der Waals surface area contributed by atoms with Gasteiger partial charge in [-0.1, -0.05) is 29.5 Å². The summed E-state index contributed by atoms with van der Waals surface area (Å²) < 4.78 is 1.85. The van der Waals surface area contributed by atoms with Crippen LogP contribution >= 0.6 is 11.3 Å². The highest BCUT2D eigenvalue weighted by Crippen LogP contribution is 2.28. The molecule has 0 saturated carbocycles. The number of anilines is 1. The van der Waals surface area contributed by atoms with Crippen LogP contribution in [0.25, 0.3) is 16.0 Å². The molecule has 0 unspecified atom stereocenters. The molecule has 1 amide bonds. The Hall–Kier alpha value is -3.26. The first-order valence-corrected chi connectivity index (χ1v) is 10.8. The number of thiazole rings is 1. The zero-order valence-electron chi connectivity index (χ0n) is 16.9. The lowest BCUT2D eigenvalue weighted by atomic mass is 10.2. The topological polar surface area (TPSA) is 67.2 Å². The number of aromatic nitrogens is 4. The molecule has 1 aliphatic heterocycles. The molecule has 1 aromatic carbocycles. The second-order valence-electron chi connectivity index (χ2n) is 7.45. The number of amides is 1. The van der Waals surface area contributed by atoms with Gasteiger partial charge in [0.25, 0.3) is 5.91 Å². The van der Waals surface area contributed by atoms with Crippen LogP contribution < -0.4 is 4.90 Å². The van der Waals surface area contributed by atoms with Crippen molar-refractivity contribution in [1.82, 2.24) is 24.6 Å². The molecule has 30 heavy (non-hydrogen) atoms. The zero-order chi connectivity index (χ0) is 20.7. The predicted molar refractivity (Wildman–Crippen MR) is 119 cm³/mol. The van der Waals surface area contributed by atoms with Gasteiger partial charge in [-0.05, 0) is 37.6 Å². The first-order valence-electron chi connectivity index (χ1n) is 9.98. The largest absolute Gasteiger partial charge is 0.344 e. The van der Waals surface area contributed by atoms with E-state index in [9.17, 15) is 4.79 Å². The van der Waals surface area contributed by atoms with Crippen LogP contribution in [0, 0.1) is 13.8 Å². The van der Waals surface area contributed by atoms with Gasteiger partial charge in [0, 0.05) is 32.4 Å². The summed E-state index contributed by atoms with van der Waals surface area (Å²) in [5.74, 6) is 0.0398. The quantitative estimate of drug-likeness (QED) is 0.510. The highest BCUT2D eigenvalue weighted by molar-refractivity contribution is 7.21. The van der Waals surface area contributed by atoms with Crippen LogP contribution in [0.5, 0.6) is 0 Å². The lowest BCUT2D eigenvalue weighted by molar-refractivity contribution is 0.0746. The lowest BCUT2D eigenvalue weighted by Crippen LogP contribution is -2.48. The van der Waals surface area contributed by atoms with Gasteiger partial charge >= 0.3 is 0 Å². The number of hydrogen-bond donors (Lipinski definition) is 0. The van der Waals surface area contributed by atoms with Crippen molar-refractivity contribution < 1.29 is 4.79 Å². The Morgan fingerprint density at radius 2 is 1.83 bits per heavy atom. The number of rotatable bonds is 3. The number of piperazine rings is 1. The third-order valence-electron chi connectivity index (χ3n) is 5.58. The fourth-order valence-corrected chi connectivity index (χ4v) is 4.79. The van der Waals surface area contributed by atoms with E-state index in [-0.39, 0.29) is 5.91 Å². The minimum Gasteiger partial charge on any atom is -0.344 e. The van der Waals surface area contributed by atoms with Gasteiger partial charge in [-0.3, -0.25) is 4.79 Å². The molecule has 3 aromatic heterocycles. The summed E-state index contributed by atoms with van der Waals surface area (Å²) in [7, 11) is 0. The van der Waals surface area contributed by atoms with Crippen molar-refractivity contribution in [3.05, 3.63) is 65.6 Å². The van der Waals surface area contributed by atoms with E-state index in [1.54, 1.807) is 23.7 Å². The summed E-state index contributed by atoms with van der Waals surface area (Å²) in [6.45, 7) is 6.85. The number of nitrogens with zero attached hydrogens (tertiary/aromatic N) is 6. The second-order valence-corrected chi connectivity index (χ2v) is 8.40. The van der Waals surface area contributed by atoms with E-state index in [4.69, 9.17) is 0 Å². The molecule has 152 valence electrons. The molecule has 0 radical (unpaired) electrons. The Balaban J connectivity index is 1.31. The molecular formula is C22H22N6OS. The molecule has 1 fully saturated rings. The van der Waals surface area contributed by atoms with Crippen LogP contribution in [0.15, 0.2) is 48.8 Å². The number of carbonyl (C=O) groups is 1. The van der Waals surface area contributed by atoms with E-state index in [1.165, 1.54) is 0 Å². The lowest BCUT2D eigenvalue weighted by Gasteiger charge is -2.34. The molecule has 0 N–H and O–H groups in total. The zero-order valence-corrected chi connectivity index (χ0v) is 17.8. The first kappa shape index (κ1) is 18.7. The second kappa shape index (κ2) is 7.53. The molecule has 1 saturated heterocycles. The summed E-state index contributed by atoms with van der Waals surface area (Å²) in [6, 6.07) is 12.0. The SMILES string of the molecule is Cc1ccccc1-n1ncc(C(=O)N2CCN(c3nc4cccnc4s3)CC2)c1C. The number of hydrogen-bond acceptors (Lipinski definition) is 6. The van der Waals surface area contributed by atoms with Crippen molar-refractivity contribution in [2.45, 2.75) is 13.8 Å². The van der Waals surface area contributed by atoms with Crippen molar-refractivity contribution in [3.63, 3.8) is 0 Å². The first-order chi connectivity index (χ1) is 14.6. The minimum atomic E-state index is 0.0398. The van der Waals surface area contributed by atoms with Gasteiger partial charge in [0.05, 0.1) is 23.1 Å². The van der Waals surface area contributed by atoms with E-state index < -0.39 is 0 Å². The van der Waals surface area contributed by atoms with E-state index >= 15 is 0 Å². The smallest absolute Gasteiger partial charge is 0.257 e. The Morgan fingerprint density at radius 1 is 1.03 bits per heavy atom. The van der Waals surface area contributed by atoms with Gasteiger partial charge in [-0.2, -0.15) is 5.10 Å². The molecular weight excluding hydrogens is 396 g/mol. The molecule has 0 atom stereocenters. The maximum absolute atomic E-state index is 13.2. The third-order valence-corrected chi connectivity index (χ3v) is 6.62. The Kier molecular flexibility index (Phi) is 4.71. The fourth-order valence-electron chi connectivity index (χ4n) is 3.83. The molecule has 5 rings (SSSR count). The van der Waals surface area contributed by atoms with Gasteiger partial charge in [0.1, 0.15) is 10.3 Å². The van der Waals surface area contributed by atoms with Crippen LogP contribution in [-0.4, -0.2) is 56.7 Å². The van der Waals surface area contributed by atoms with E-state index in [2.05, 4.69) is 33.0 Å². The van der Waals surface area contributed by atoms with E-state index in [0.29, 0.717) is 18.7 Å². The normalized spacial score (nSPS) is 14.5. The van der Waals surface area contributed by atoms with Gasteiger partial charge in [-0.25, -0.2) is 14.6 Å². The highest BCUT2D eigenvalue weighted by atomic mass is 32.1. The standard InChI is InChI=1S/C22H22N6OS/c1-15-6-3-4-8-19(15)28-16(2)17(14-24-28)21(29)26-10-12-27(13-11-26)22-25-18-7-5-9-23-20(18)30-22/h3-9,14H,10-13H2,1-2H3. The molecule has 0 bridgehead atoms. The molecule has 4 heterocycles. The van der Waals surface area contributed by atoms with Crippen LogP contribution in [-0.2, 0) is 0 Å². The predicted octanol–water partition coefficient (Wildman–Crippen LogP) is 3.46. The maximum Gasteiger partial charge on any atom is 0.257 e. The van der Waals surface area contributed by atoms with Crippen LogP contribution in [0.3, 0.4) is 0 Å². The van der Waals surface area contributed by atoms with Gasteiger partial charge < -0.3 is 9.80 Å². The average Bonchev–Trinajstić information content (AvgIpc) is 3.37. The molecule has 4 aromatic rings. The summed E-state index contributed by atoms with van der Waals surface area (Å²) in [5.41, 5.74) is 4.59. The Bertz CT molecular complexity index is 1190. The van der Waals surface area contributed by atoms with Crippen molar-refractivity contribution in [2.24, 2.45) is 0 Å². The van der Waals surface area contributed by atoms with E-state index in [0.717, 1.165) is 45.5 Å². The number of para-hydroxylation sites is 1. The molecule has 7 nitrogen and oxygen atoms in total. The summed E-state index contributed by atoms with van der Waals surface area (Å²) in [5, 5.41) is 5.46. The molecule has 1 aliphatic rings. The van der Waals surface area contributed by atoms with Crippen LogP contribution in [0.1, 0.15) is 21.6 Å².